The number of carbonyl (C=O) groups is 1. The number of nitrogens with one attached hydrogen (secondary N) is 2. The summed E-state index contributed by atoms with van der Waals surface area (Å²) in [5, 5.41) is 6.65. The highest BCUT2D eigenvalue weighted by Gasteiger charge is 2.67. The maximum absolute atomic E-state index is 12.2. The van der Waals surface area contributed by atoms with Crippen molar-refractivity contribution >= 4 is 18.3 Å². The average Bonchev–Trinajstić information content (AvgIpc) is 2.86. The molecule has 1 heterocycles. The SMILES string of the molecule is Cl.O=C(NCC1CCCNC1)C1C2C3CCC(C3)C12. The minimum absolute atomic E-state index is 0. The van der Waals surface area contributed by atoms with E-state index in [0.29, 0.717) is 17.7 Å². The Morgan fingerprint density at radius 2 is 1.89 bits per heavy atom. The highest BCUT2D eigenvalue weighted by molar-refractivity contribution is 5.85. The molecule has 3 nitrogen and oxygen atoms in total. The number of rotatable bonds is 3. The molecule has 2 bridgehead atoms. The summed E-state index contributed by atoms with van der Waals surface area (Å²) >= 11 is 0. The Bertz CT molecular complexity index is 340. The summed E-state index contributed by atoms with van der Waals surface area (Å²) in [5.74, 6) is 4.85. The van der Waals surface area contributed by atoms with Crippen molar-refractivity contribution in [2.45, 2.75) is 32.1 Å². The van der Waals surface area contributed by atoms with Crippen molar-refractivity contribution in [2.24, 2.45) is 35.5 Å². The van der Waals surface area contributed by atoms with Crippen LogP contribution in [-0.4, -0.2) is 25.5 Å². The van der Waals surface area contributed by atoms with Crippen LogP contribution in [0, 0.1) is 35.5 Å². The topological polar surface area (TPSA) is 41.1 Å². The van der Waals surface area contributed by atoms with Crippen molar-refractivity contribution in [1.29, 1.82) is 0 Å². The molecule has 5 unspecified atom stereocenters. The first-order valence-electron chi connectivity index (χ1n) is 7.83. The van der Waals surface area contributed by atoms with Gasteiger partial charge in [0.25, 0.3) is 0 Å². The summed E-state index contributed by atoms with van der Waals surface area (Å²) in [5.41, 5.74) is 0. The van der Waals surface area contributed by atoms with Crippen LogP contribution in [-0.2, 0) is 4.79 Å². The zero-order chi connectivity index (χ0) is 12.1. The molecular weight excluding hydrogens is 260 g/mol. The third kappa shape index (κ3) is 2.29. The van der Waals surface area contributed by atoms with Gasteiger partial charge in [0.2, 0.25) is 5.91 Å². The fourth-order valence-corrected chi connectivity index (χ4v) is 5.14. The van der Waals surface area contributed by atoms with Gasteiger partial charge in [-0.2, -0.15) is 0 Å². The van der Waals surface area contributed by atoms with Crippen LogP contribution < -0.4 is 10.6 Å². The van der Waals surface area contributed by atoms with Crippen molar-refractivity contribution < 1.29 is 4.79 Å². The van der Waals surface area contributed by atoms with Crippen molar-refractivity contribution in [3.05, 3.63) is 0 Å². The van der Waals surface area contributed by atoms with Gasteiger partial charge in [0.05, 0.1) is 0 Å². The van der Waals surface area contributed by atoms with Gasteiger partial charge in [-0.1, -0.05) is 0 Å². The number of hydrogen-bond acceptors (Lipinski definition) is 2. The van der Waals surface area contributed by atoms with Crippen molar-refractivity contribution in [3.63, 3.8) is 0 Å². The minimum atomic E-state index is 0. The first-order valence-corrected chi connectivity index (χ1v) is 7.83. The summed E-state index contributed by atoms with van der Waals surface area (Å²) < 4.78 is 0. The molecule has 108 valence electrons. The summed E-state index contributed by atoms with van der Waals surface area (Å²) in [7, 11) is 0. The largest absolute Gasteiger partial charge is 0.356 e. The Kier molecular flexibility index (Phi) is 3.78. The van der Waals surface area contributed by atoms with Gasteiger partial charge in [-0.3, -0.25) is 4.79 Å². The average molecular weight is 285 g/mol. The minimum Gasteiger partial charge on any atom is -0.356 e. The van der Waals surface area contributed by atoms with Gasteiger partial charge in [0.1, 0.15) is 0 Å². The van der Waals surface area contributed by atoms with Crippen molar-refractivity contribution in [2.75, 3.05) is 19.6 Å². The lowest BCUT2D eigenvalue weighted by Gasteiger charge is -2.23. The Hall–Kier alpha value is -0.280. The molecule has 19 heavy (non-hydrogen) atoms. The molecule has 5 atom stereocenters. The zero-order valence-corrected chi connectivity index (χ0v) is 12.3. The molecule has 0 aromatic heterocycles. The summed E-state index contributed by atoms with van der Waals surface area (Å²) in [6.07, 6.45) is 6.78. The molecule has 4 rings (SSSR count). The van der Waals surface area contributed by atoms with E-state index in [9.17, 15) is 4.79 Å². The standard InChI is InChI=1S/C15H24N2O.ClH/c18-15(17-8-9-2-1-5-16-7-9)14-12-10-3-4-11(6-10)13(12)14;/h9-14,16H,1-8H2,(H,17,18);1H. The third-order valence-electron chi connectivity index (χ3n) is 6.00. The number of carbonyl (C=O) groups excluding carboxylic acids is 1. The second-order valence-corrected chi connectivity index (χ2v) is 6.97. The second kappa shape index (κ2) is 5.25. The molecule has 0 aromatic rings. The smallest absolute Gasteiger partial charge is 0.223 e. The third-order valence-corrected chi connectivity index (χ3v) is 6.00. The molecule has 1 aliphatic heterocycles. The highest BCUT2D eigenvalue weighted by atomic mass is 35.5. The number of amides is 1. The molecule has 4 aliphatic rings. The molecular formula is C15H25ClN2O. The zero-order valence-electron chi connectivity index (χ0n) is 11.4. The predicted molar refractivity (Wildman–Crippen MR) is 77.2 cm³/mol. The molecule has 1 amide bonds. The lowest BCUT2D eigenvalue weighted by Crippen LogP contribution is -2.39. The van der Waals surface area contributed by atoms with Crippen LogP contribution in [0.1, 0.15) is 32.1 Å². The quantitative estimate of drug-likeness (QED) is 0.830. The van der Waals surface area contributed by atoms with Gasteiger partial charge >= 0.3 is 0 Å². The fourth-order valence-electron chi connectivity index (χ4n) is 5.14. The van der Waals surface area contributed by atoms with Gasteiger partial charge in [0.15, 0.2) is 0 Å². The van der Waals surface area contributed by atoms with E-state index in [1.165, 1.54) is 32.1 Å². The molecule has 0 aromatic carbocycles. The van der Waals surface area contributed by atoms with E-state index in [2.05, 4.69) is 10.6 Å². The van der Waals surface area contributed by atoms with Crippen LogP contribution in [0.25, 0.3) is 0 Å². The van der Waals surface area contributed by atoms with E-state index in [1.807, 2.05) is 0 Å². The number of halogens is 1. The monoisotopic (exact) mass is 284 g/mol. The first-order chi connectivity index (χ1) is 8.84. The van der Waals surface area contributed by atoms with Crippen LogP contribution in [0.15, 0.2) is 0 Å². The number of fused-ring (bicyclic) bond motifs is 5. The van der Waals surface area contributed by atoms with Crippen molar-refractivity contribution in [1.82, 2.24) is 10.6 Å². The highest BCUT2D eigenvalue weighted by Crippen LogP contribution is 2.69. The van der Waals surface area contributed by atoms with Crippen LogP contribution in [0.4, 0.5) is 0 Å². The molecule has 0 spiro atoms. The Labute approximate surface area is 121 Å². The molecule has 4 heteroatoms. The Balaban J connectivity index is 0.00000110. The number of hydrogen-bond donors (Lipinski definition) is 2. The Morgan fingerprint density at radius 3 is 2.53 bits per heavy atom. The lowest BCUT2D eigenvalue weighted by molar-refractivity contribution is -0.123. The normalized spacial score (nSPS) is 46.3. The van der Waals surface area contributed by atoms with Crippen molar-refractivity contribution in [3.8, 4) is 0 Å². The van der Waals surface area contributed by atoms with E-state index < -0.39 is 0 Å². The molecule has 0 radical (unpaired) electrons. The predicted octanol–water partition coefficient (Wildman–Crippen LogP) is 1.82. The second-order valence-electron chi connectivity index (χ2n) is 6.97. The summed E-state index contributed by atoms with van der Waals surface area (Å²) in [6.45, 7) is 3.14. The summed E-state index contributed by atoms with van der Waals surface area (Å²) in [4.78, 5) is 12.2. The molecule has 1 saturated heterocycles. The van der Waals surface area contributed by atoms with Gasteiger partial charge in [-0.25, -0.2) is 0 Å². The van der Waals surface area contributed by atoms with E-state index in [4.69, 9.17) is 0 Å². The maximum atomic E-state index is 12.2. The fraction of sp³-hybridized carbons (Fsp3) is 0.933. The van der Waals surface area contributed by atoms with E-state index in [1.54, 1.807) is 0 Å². The van der Waals surface area contributed by atoms with E-state index in [-0.39, 0.29) is 12.4 Å². The van der Waals surface area contributed by atoms with E-state index in [0.717, 1.165) is 43.3 Å². The van der Waals surface area contributed by atoms with E-state index >= 15 is 0 Å². The van der Waals surface area contributed by atoms with Crippen LogP contribution in [0.5, 0.6) is 0 Å². The van der Waals surface area contributed by atoms with Gasteiger partial charge in [0, 0.05) is 12.5 Å². The van der Waals surface area contributed by atoms with Crippen LogP contribution in [0.2, 0.25) is 0 Å². The first kappa shape index (κ1) is 13.7. The van der Waals surface area contributed by atoms with Crippen LogP contribution in [0.3, 0.4) is 0 Å². The summed E-state index contributed by atoms with van der Waals surface area (Å²) in [6, 6.07) is 0. The number of piperidine rings is 1. The molecule has 3 saturated carbocycles. The molecule has 4 fully saturated rings. The van der Waals surface area contributed by atoms with Gasteiger partial charge in [-0.05, 0) is 74.8 Å². The lowest BCUT2D eigenvalue weighted by atomic mass is 9.99. The van der Waals surface area contributed by atoms with Gasteiger partial charge in [-0.15, -0.1) is 12.4 Å². The van der Waals surface area contributed by atoms with Crippen LogP contribution >= 0.6 is 12.4 Å². The maximum Gasteiger partial charge on any atom is 0.223 e. The molecule has 3 aliphatic carbocycles. The molecule has 2 N–H and O–H groups in total. The Morgan fingerprint density at radius 1 is 1.16 bits per heavy atom. The van der Waals surface area contributed by atoms with Gasteiger partial charge < -0.3 is 10.6 Å².